The first-order chi connectivity index (χ1) is 18.6. The van der Waals surface area contributed by atoms with Crippen molar-refractivity contribution in [2.24, 2.45) is 0 Å². The van der Waals surface area contributed by atoms with Gasteiger partial charge in [0.25, 0.3) is 0 Å². The summed E-state index contributed by atoms with van der Waals surface area (Å²) in [6, 6.07) is 51.3. The third kappa shape index (κ3) is 5.39. The molecule has 0 nitrogen and oxygen atoms in total. The van der Waals surface area contributed by atoms with Crippen LogP contribution in [0.3, 0.4) is 0 Å². The molecule has 0 aliphatic heterocycles. The molecule has 0 radical (unpaired) electrons. The first-order valence-corrected chi connectivity index (χ1v) is 16.3. The van der Waals surface area contributed by atoms with Gasteiger partial charge in [-0.15, -0.1) is 0 Å². The summed E-state index contributed by atoms with van der Waals surface area (Å²) in [5.41, 5.74) is 3.52. The van der Waals surface area contributed by atoms with Crippen LogP contribution in [0.25, 0.3) is 10.6 Å². The molecule has 0 spiro atoms. The lowest BCUT2D eigenvalue weighted by Crippen LogP contribution is -2.17. The average Bonchev–Trinajstić information content (AvgIpc) is 3.00. The summed E-state index contributed by atoms with van der Waals surface area (Å²) in [7, 11) is -1.20. The molecule has 1 unspecified atom stereocenters. The minimum Gasteiger partial charge on any atom is -0.0907 e. The SMILES string of the molecule is C=C(c1ccc(C(=C)P(=C)(c2ccccc2)c2ccccc2)cc1)/[PH](=C/c1ccccc1)c1ccccc1. The molecule has 0 saturated carbocycles. The lowest BCUT2D eigenvalue weighted by Gasteiger charge is -2.28. The van der Waals surface area contributed by atoms with Crippen LogP contribution in [0.4, 0.5) is 0 Å². The largest absolute Gasteiger partial charge is 0.0907 e. The molecular weight excluding hydrogens is 494 g/mol. The van der Waals surface area contributed by atoms with Crippen LogP contribution in [0.5, 0.6) is 0 Å². The van der Waals surface area contributed by atoms with E-state index in [1.807, 2.05) is 0 Å². The highest BCUT2D eigenvalue weighted by Gasteiger charge is 2.24. The predicted molar refractivity (Wildman–Crippen MR) is 177 cm³/mol. The van der Waals surface area contributed by atoms with Crippen LogP contribution >= 0.6 is 14.4 Å². The van der Waals surface area contributed by atoms with E-state index in [1.165, 1.54) is 32.4 Å². The molecule has 0 aromatic heterocycles. The third-order valence-corrected chi connectivity index (χ3v) is 13.0. The van der Waals surface area contributed by atoms with Crippen LogP contribution in [-0.4, -0.2) is 12.1 Å². The van der Waals surface area contributed by atoms with E-state index in [9.17, 15) is 0 Å². The molecule has 0 bridgehead atoms. The highest BCUT2D eigenvalue weighted by atomic mass is 31.2. The maximum absolute atomic E-state index is 4.85. The van der Waals surface area contributed by atoms with Gasteiger partial charge in [0.1, 0.15) is 0 Å². The van der Waals surface area contributed by atoms with E-state index in [0.29, 0.717) is 0 Å². The molecule has 0 saturated heterocycles. The van der Waals surface area contributed by atoms with E-state index in [-0.39, 0.29) is 0 Å². The van der Waals surface area contributed by atoms with Gasteiger partial charge in [-0.25, -0.2) is 0 Å². The van der Waals surface area contributed by atoms with Crippen molar-refractivity contribution in [1.29, 1.82) is 0 Å². The van der Waals surface area contributed by atoms with Crippen LogP contribution in [0.2, 0.25) is 0 Å². The Morgan fingerprint density at radius 3 is 1.45 bits per heavy atom. The first-order valence-electron chi connectivity index (χ1n) is 12.7. The van der Waals surface area contributed by atoms with E-state index >= 15 is 0 Å². The lowest BCUT2D eigenvalue weighted by atomic mass is 10.1. The van der Waals surface area contributed by atoms with E-state index in [1.54, 1.807) is 0 Å². The lowest BCUT2D eigenvalue weighted by molar-refractivity contribution is 1.61. The predicted octanol–water partition coefficient (Wildman–Crippen LogP) is 8.12. The molecule has 0 heterocycles. The zero-order valence-electron chi connectivity index (χ0n) is 21.5. The zero-order chi connectivity index (χ0) is 26.4. The summed E-state index contributed by atoms with van der Waals surface area (Å²) in [5, 5.41) is 6.05. The first kappa shape index (κ1) is 25.8. The van der Waals surface area contributed by atoms with Gasteiger partial charge in [-0.3, -0.25) is 0 Å². The average molecular weight is 527 g/mol. The van der Waals surface area contributed by atoms with Crippen molar-refractivity contribution in [3.05, 3.63) is 175 Å². The summed E-state index contributed by atoms with van der Waals surface area (Å²) in [6.07, 6.45) is 4.85. The molecule has 5 aromatic rings. The highest BCUT2D eigenvalue weighted by molar-refractivity contribution is 7.95. The second-order valence-corrected chi connectivity index (χ2v) is 14.8. The second-order valence-electron chi connectivity index (χ2n) is 9.32. The van der Waals surface area contributed by atoms with Gasteiger partial charge in [-0.2, -0.15) is 0 Å². The van der Waals surface area contributed by atoms with Crippen molar-refractivity contribution >= 4 is 53.1 Å². The molecule has 0 amide bonds. The standard InChI is InChI=1S/C36H32P2/c1-29(37(34-18-10-5-11-19-34)28-31-16-8-4-9-17-31)32-24-26-33(27-25-32)30(2)38(3,35-20-12-6-13-21-35)36-22-14-7-15-23-36/h4-28,37H,1-3H2. The Labute approximate surface area is 228 Å². The van der Waals surface area contributed by atoms with Crippen LogP contribution in [0, 0.1) is 0 Å². The number of hydrogen-bond acceptors (Lipinski definition) is 0. The smallest absolute Gasteiger partial charge is 0.0165 e. The quantitative estimate of drug-likeness (QED) is 0.179. The molecule has 2 heteroatoms. The minimum atomic E-state index is -2.11. The molecule has 38 heavy (non-hydrogen) atoms. The van der Waals surface area contributed by atoms with Crippen molar-refractivity contribution in [2.75, 3.05) is 0 Å². The van der Waals surface area contributed by atoms with Crippen LogP contribution in [0.1, 0.15) is 16.7 Å². The molecule has 0 aliphatic carbocycles. The van der Waals surface area contributed by atoms with Crippen LogP contribution in [-0.2, 0) is 0 Å². The van der Waals surface area contributed by atoms with Gasteiger partial charge in [0.05, 0.1) is 0 Å². The Balaban J connectivity index is 1.52. The van der Waals surface area contributed by atoms with Gasteiger partial charge in [-0.1, -0.05) is 178 Å². The molecule has 5 aromatic carbocycles. The van der Waals surface area contributed by atoms with Crippen LogP contribution < -0.4 is 15.9 Å². The summed E-state index contributed by atoms with van der Waals surface area (Å²) in [4.78, 5) is 0. The fourth-order valence-electron chi connectivity index (χ4n) is 4.74. The van der Waals surface area contributed by atoms with Gasteiger partial charge >= 0.3 is 0 Å². The van der Waals surface area contributed by atoms with Gasteiger partial charge in [0, 0.05) is 0 Å². The topological polar surface area (TPSA) is 0 Å². The molecule has 186 valence electrons. The molecule has 0 aliphatic rings. The number of rotatable bonds is 8. The highest BCUT2D eigenvalue weighted by Crippen LogP contribution is 2.55. The zero-order valence-corrected chi connectivity index (χ0v) is 23.4. The number of benzene rings is 5. The van der Waals surface area contributed by atoms with Crippen LogP contribution in [0.15, 0.2) is 159 Å². The molecule has 0 N–H and O–H groups in total. The molecular formula is C36H32P2. The molecule has 0 fully saturated rings. The minimum absolute atomic E-state index is 1.08. The van der Waals surface area contributed by atoms with Gasteiger partial charge in [0.2, 0.25) is 0 Å². The van der Waals surface area contributed by atoms with E-state index in [0.717, 1.165) is 10.9 Å². The second kappa shape index (κ2) is 11.7. The van der Waals surface area contributed by atoms with Gasteiger partial charge < -0.3 is 0 Å². The van der Waals surface area contributed by atoms with Gasteiger partial charge in [0.15, 0.2) is 0 Å². The van der Waals surface area contributed by atoms with E-state index in [2.05, 4.69) is 165 Å². The van der Waals surface area contributed by atoms with Gasteiger partial charge in [-0.05, 0) is 50.1 Å². The molecule has 1 atom stereocenters. The van der Waals surface area contributed by atoms with Crippen molar-refractivity contribution in [3.8, 4) is 0 Å². The van der Waals surface area contributed by atoms with Crippen molar-refractivity contribution < 1.29 is 0 Å². The maximum atomic E-state index is 4.85. The van der Waals surface area contributed by atoms with Crippen molar-refractivity contribution in [2.45, 2.75) is 0 Å². The van der Waals surface area contributed by atoms with E-state index in [4.69, 9.17) is 6.30 Å². The Kier molecular flexibility index (Phi) is 7.95. The third-order valence-electron chi connectivity index (χ3n) is 6.94. The number of hydrogen-bond donors (Lipinski definition) is 0. The summed E-state index contributed by atoms with van der Waals surface area (Å²) >= 11 is 0. The Bertz CT molecular complexity index is 1570. The maximum Gasteiger partial charge on any atom is -0.0165 e. The Morgan fingerprint density at radius 1 is 0.526 bits per heavy atom. The monoisotopic (exact) mass is 526 g/mol. The Morgan fingerprint density at radius 2 is 0.947 bits per heavy atom. The Hall–Kier alpha value is -3.82. The summed E-state index contributed by atoms with van der Waals surface area (Å²) in [5.74, 6) is 2.40. The fourth-order valence-corrected chi connectivity index (χ4v) is 9.86. The normalized spacial score (nSPS) is 12.1. The fraction of sp³-hybridized carbons (Fsp3) is 0. The molecule has 5 rings (SSSR count). The van der Waals surface area contributed by atoms with Crippen molar-refractivity contribution in [1.82, 2.24) is 0 Å². The summed E-state index contributed by atoms with van der Waals surface area (Å²) in [6.45, 7) is 7.12. The van der Waals surface area contributed by atoms with Crippen molar-refractivity contribution in [3.63, 3.8) is 0 Å². The summed E-state index contributed by atoms with van der Waals surface area (Å²) < 4.78 is 0. The van der Waals surface area contributed by atoms with E-state index < -0.39 is 14.4 Å².